The highest BCUT2D eigenvalue weighted by atomic mass is 16.4. The maximum Gasteiger partial charge on any atom is 0.326 e. The van der Waals surface area contributed by atoms with Crippen molar-refractivity contribution >= 4 is 40.1 Å². The van der Waals surface area contributed by atoms with Crippen LogP contribution in [0.15, 0.2) is 48.5 Å². The van der Waals surface area contributed by atoms with E-state index in [1.165, 1.54) is 0 Å². The normalized spacial score (nSPS) is 11.6. The van der Waals surface area contributed by atoms with E-state index in [0.29, 0.717) is 24.2 Å². The highest BCUT2D eigenvalue weighted by molar-refractivity contribution is 6.10. The van der Waals surface area contributed by atoms with E-state index in [2.05, 4.69) is 16.0 Å². The van der Waals surface area contributed by atoms with Gasteiger partial charge in [0.05, 0.1) is 11.3 Å². The number of anilines is 2. The van der Waals surface area contributed by atoms with Crippen molar-refractivity contribution in [3.8, 4) is 0 Å². The Morgan fingerprint density at radius 3 is 2.09 bits per heavy atom. The zero-order valence-electron chi connectivity index (χ0n) is 19.3. The molecule has 7 heteroatoms. The summed E-state index contributed by atoms with van der Waals surface area (Å²) in [6, 6.07) is 13.3. The lowest BCUT2D eigenvalue weighted by molar-refractivity contribution is -0.139. The summed E-state index contributed by atoms with van der Waals surface area (Å²) < 4.78 is 0. The Bertz CT molecular complexity index is 1200. The molecule has 0 fully saturated rings. The van der Waals surface area contributed by atoms with E-state index < -0.39 is 23.9 Å². The average molecular weight is 448 g/mol. The largest absolute Gasteiger partial charge is 0.480 e. The number of benzene rings is 3. The molecule has 3 aromatic carbocycles. The van der Waals surface area contributed by atoms with Crippen LogP contribution in [0.25, 0.3) is 10.8 Å². The third-order valence-corrected chi connectivity index (χ3v) is 5.48. The molecule has 0 aliphatic rings. The molecule has 0 aliphatic carbocycles. The number of aliphatic carboxylic acids is 1. The van der Waals surface area contributed by atoms with Gasteiger partial charge < -0.3 is 21.1 Å². The molecule has 0 radical (unpaired) electrons. The van der Waals surface area contributed by atoms with Crippen molar-refractivity contribution < 1.29 is 19.5 Å². The number of hydrogen-bond acceptors (Lipinski definition) is 3. The zero-order valence-corrected chi connectivity index (χ0v) is 19.3. The van der Waals surface area contributed by atoms with E-state index in [-0.39, 0.29) is 5.56 Å². The lowest BCUT2D eigenvalue weighted by Crippen LogP contribution is -2.41. The molecule has 0 heterocycles. The van der Waals surface area contributed by atoms with Crippen molar-refractivity contribution in [1.82, 2.24) is 5.32 Å². The molecular formula is C26H29N3O4. The molecule has 0 aliphatic heterocycles. The summed E-state index contributed by atoms with van der Waals surface area (Å²) in [6.07, 6.45) is 0.918. The van der Waals surface area contributed by atoms with Gasteiger partial charge in [0.25, 0.3) is 5.91 Å². The van der Waals surface area contributed by atoms with Gasteiger partial charge in [-0.1, -0.05) is 55.3 Å². The Morgan fingerprint density at radius 2 is 1.52 bits per heavy atom. The van der Waals surface area contributed by atoms with Crippen LogP contribution >= 0.6 is 0 Å². The Labute approximate surface area is 193 Å². The molecule has 1 atom stereocenters. The van der Waals surface area contributed by atoms with E-state index in [4.69, 9.17) is 0 Å². The number of urea groups is 1. The molecular weight excluding hydrogens is 418 g/mol. The van der Waals surface area contributed by atoms with Crippen LogP contribution in [0, 0.1) is 20.8 Å². The van der Waals surface area contributed by atoms with Gasteiger partial charge in [0.15, 0.2) is 0 Å². The third-order valence-electron chi connectivity index (χ3n) is 5.48. The number of aryl methyl sites for hydroxylation is 3. The molecule has 7 nitrogen and oxygen atoms in total. The second kappa shape index (κ2) is 10.2. The van der Waals surface area contributed by atoms with Crippen LogP contribution in [0.4, 0.5) is 16.2 Å². The van der Waals surface area contributed by atoms with Gasteiger partial charge in [0, 0.05) is 5.69 Å². The maximum atomic E-state index is 13.0. The minimum Gasteiger partial charge on any atom is -0.480 e. The Balaban J connectivity index is 1.93. The fraction of sp³-hybridized carbons (Fsp3) is 0.269. The van der Waals surface area contributed by atoms with Crippen LogP contribution < -0.4 is 16.0 Å². The standard InChI is InChI=1S/C26H29N3O4/c1-5-8-21(25(31)32)27-24(30)20-13-18-9-6-7-10-19(18)14-22(20)28-26(33)29-23-16(3)11-15(2)12-17(23)4/h6-7,9-14,21H,5,8H2,1-4H3,(H,27,30)(H,31,32)(H2,28,29,33)/t21-/m0/s1. The molecule has 33 heavy (non-hydrogen) atoms. The molecule has 3 amide bonds. The molecule has 3 aromatic rings. The van der Waals surface area contributed by atoms with Gasteiger partial charge in [-0.25, -0.2) is 9.59 Å². The summed E-state index contributed by atoms with van der Waals surface area (Å²) in [4.78, 5) is 37.4. The first-order chi connectivity index (χ1) is 15.7. The monoisotopic (exact) mass is 447 g/mol. The third kappa shape index (κ3) is 5.68. The van der Waals surface area contributed by atoms with Gasteiger partial charge in [-0.05, 0) is 61.2 Å². The summed E-state index contributed by atoms with van der Waals surface area (Å²) in [6.45, 7) is 7.69. The summed E-state index contributed by atoms with van der Waals surface area (Å²) in [5, 5.41) is 19.3. The first-order valence-corrected chi connectivity index (χ1v) is 10.9. The van der Waals surface area contributed by atoms with Gasteiger partial charge in [0.1, 0.15) is 6.04 Å². The fourth-order valence-corrected chi connectivity index (χ4v) is 3.96. The van der Waals surface area contributed by atoms with Crippen LogP contribution in [0.5, 0.6) is 0 Å². The smallest absolute Gasteiger partial charge is 0.326 e. The second-order valence-corrected chi connectivity index (χ2v) is 8.25. The zero-order chi connectivity index (χ0) is 24.1. The highest BCUT2D eigenvalue weighted by Crippen LogP contribution is 2.26. The summed E-state index contributed by atoms with van der Waals surface area (Å²) in [5.74, 6) is -1.65. The minimum absolute atomic E-state index is 0.198. The number of carboxylic acids is 1. The number of hydrogen-bond donors (Lipinski definition) is 4. The number of fused-ring (bicyclic) bond motifs is 1. The van der Waals surface area contributed by atoms with Crippen LogP contribution in [-0.4, -0.2) is 29.1 Å². The molecule has 172 valence electrons. The van der Waals surface area contributed by atoms with E-state index >= 15 is 0 Å². The van der Waals surface area contributed by atoms with Gasteiger partial charge in [-0.15, -0.1) is 0 Å². The molecule has 0 unspecified atom stereocenters. The predicted molar refractivity (Wildman–Crippen MR) is 131 cm³/mol. The molecule has 0 saturated heterocycles. The molecule has 4 N–H and O–H groups in total. The van der Waals surface area contributed by atoms with Crippen molar-refractivity contribution in [1.29, 1.82) is 0 Å². The molecule has 0 bridgehead atoms. The summed E-state index contributed by atoms with van der Waals surface area (Å²) >= 11 is 0. The number of carbonyl (C=O) groups is 3. The van der Waals surface area contributed by atoms with E-state index in [1.807, 2.05) is 64.1 Å². The van der Waals surface area contributed by atoms with Gasteiger partial charge in [0.2, 0.25) is 0 Å². The number of carbonyl (C=O) groups excluding carboxylic acids is 2. The van der Waals surface area contributed by atoms with Crippen LogP contribution in [0.2, 0.25) is 0 Å². The van der Waals surface area contributed by atoms with Crippen molar-refractivity contribution in [2.24, 2.45) is 0 Å². The SMILES string of the molecule is CCC[C@H](NC(=O)c1cc2ccccc2cc1NC(=O)Nc1c(C)cc(C)cc1C)C(=O)O. The summed E-state index contributed by atoms with van der Waals surface area (Å²) in [5.41, 5.74) is 4.17. The Hall–Kier alpha value is -3.87. The minimum atomic E-state index is -1.09. The number of amides is 3. The van der Waals surface area contributed by atoms with E-state index in [1.54, 1.807) is 12.1 Å². The average Bonchev–Trinajstić information content (AvgIpc) is 2.75. The number of rotatable bonds is 7. The Kier molecular flexibility index (Phi) is 7.33. The maximum absolute atomic E-state index is 13.0. The molecule has 0 saturated carbocycles. The lowest BCUT2D eigenvalue weighted by Gasteiger charge is -2.18. The molecule has 0 spiro atoms. The van der Waals surface area contributed by atoms with Crippen LogP contribution in [0.3, 0.4) is 0 Å². The molecule has 3 rings (SSSR count). The quantitative estimate of drug-likeness (QED) is 0.389. The van der Waals surface area contributed by atoms with Gasteiger partial charge >= 0.3 is 12.0 Å². The van der Waals surface area contributed by atoms with Crippen molar-refractivity contribution in [3.63, 3.8) is 0 Å². The fourth-order valence-electron chi connectivity index (χ4n) is 3.96. The first-order valence-electron chi connectivity index (χ1n) is 10.9. The van der Waals surface area contributed by atoms with E-state index in [0.717, 1.165) is 27.5 Å². The Morgan fingerprint density at radius 1 is 0.909 bits per heavy atom. The lowest BCUT2D eigenvalue weighted by atomic mass is 10.0. The highest BCUT2D eigenvalue weighted by Gasteiger charge is 2.22. The van der Waals surface area contributed by atoms with Crippen molar-refractivity contribution in [2.45, 2.75) is 46.6 Å². The van der Waals surface area contributed by atoms with Crippen LogP contribution in [-0.2, 0) is 4.79 Å². The van der Waals surface area contributed by atoms with Gasteiger partial charge in [-0.2, -0.15) is 0 Å². The number of nitrogens with one attached hydrogen (secondary N) is 3. The van der Waals surface area contributed by atoms with Crippen LogP contribution in [0.1, 0.15) is 46.8 Å². The second-order valence-electron chi connectivity index (χ2n) is 8.25. The summed E-state index contributed by atoms with van der Waals surface area (Å²) in [7, 11) is 0. The topological polar surface area (TPSA) is 108 Å². The van der Waals surface area contributed by atoms with Crippen molar-refractivity contribution in [3.05, 3.63) is 70.8 Å². The van der Waals surface area contributed by atoms with E-state index in [9.17, 15) is 19.5 Å². The number of carboxylic acid groups (broad SMARTS) is 1. The van der Waals surface area contributed by atoms with Crippen molar-refractivity contribution in [2.75, 3.05) is 10.6 Å². The predicted octanol–water partition coefficient (Wildman–Crippen LogP) is 5.39. The van der Waals surface area contributed by atoms with Gasteiger partial charge in [-0.3, -0.25) is 4.79 Å². The molecule has 0 aromatic heterocycles. The first kappa shape index (κ1) is 23.8.